The van der Waals surface area contributed by atoms with Crippen molar-refractivity contribution in [3.63, 3.8) is 0 Å². The lowest BCUT2D eigenvalue weighted by Gasteiger charge is -1.97. The molecule has 2 rings (SSSR count). The van der Waals surface area contributed by atoms with Crippen LogP contribution in [0, 0.1) is 11.6 Å². The lowest BCUT2D eigenvalue weighted by Crippen LogP contribution is -1.86. The number of aliphatic imine (C=N–C) groups is 1. The van der Waals surface area contributed by atoms with Gasteiger partial charge in [-0.2, -0.15) is 0 Å². The monoisotopic (exact) mass is 153 g/mol. The highest BCUT2D eigenvalue weighted by atomic mass is 19.2. The molecule has 0 fully saturated rings. The molecule has 1 aromatic rings. The van der Waals surface area contributed by atoms with Gasteiger partial charge in [0.15, 0.2) is 11.6 Å². The van der Waals surface area contributed by atoms with Crippen molar-refractivity contribution in [3.05, 3.63) is 29.3 Å². The fourth-order valence-corrected chi connectivity index (χ4v) is 1.10. The first kappa shape index (κ1) is 6.46. The van der Waals surface area contributed by atoms with Crippen LogP contribution in [0.25, 0.3) is 0 Å². The van der Waals surface area contributed by atoms with Gasteiger partial charge in [0.2, 0.25) is 0 Å². The van der Waals surface area contributed by atoms with E-state index in [1.807, 2.05) is 0 Å². The average molecular weight is 153 g/mol. The van der Waals surface area contributed by atoms with E-state index >= 15 is 0 Å². The minimum Gasteiger partial charge on any atom is -0.260 e. The van der Waals surface area contributed by atoms with E-state index in [0.29, 0.717) is 12.1 Å². The summed E-state index contributed by atoms with van der Waals surface area (Å²) in [6.07, 6.45) is 2.25. The van der Waals surface area contributed by atoms with Gasteiger partial charge >= 0.3 is 0 Å². The van der Waals surface area contributed by atoms with Gasteiger partial charge in [-0.05, 0) is 11.6 Å². The molecule has 0 unspecified atom stereocenters. The van der Waals surface area contributed by atoms with Crippen LogP contribution in [0.15, 0.2) is 17.1 Å². The minimum absolute atomic E-state index is 0.545. The fourth-order valence-electron chi connectivity index (χ4n) is 1.10. The molecule has 1 aromatic carbocycles. The molecule has 0 radical (unpaired) electrons. The molecule has 1 nitrogen and oxygen atoms in total. The van der Waals surface area contributed by atoms with Gasteiger partial charge in [-0.25, -0.2) is 8.78 Å². The van der Waals surface area contributed by atoms with Crippen molar-refractivity contribution in [2.75, 3.05) is 0 Å². The maximum Gasteiger partial charge on any atom is 0.160 e. The van der Waals surface area contributed by atoms with Crippen molar-refractivity contribution in [2.24, 2.45) is 4.99 Å². The van der Waals surface area contributed by atoms with E-state index in [9.17, 15) is 8.78 Å². The maximum absolute atomic E-state index is 12.5. The third-order valence-electron chi connectivity index (χ3n) is 1.66. The van der Waals surface area contributed by atoms with Crippen molar-refractivity contribution in [1.29, 1.82) is 0 Å². The van der Waals surface area contributed by atoms with E-state index in [1.165, 1.54) is 6.07 Å². The van der Waals surface area contributed by atoms with Gasteiger partial charge in [-0.3, -0.25) is 4.99 Å². The predicted molar refractivity (Wildman–Crippen MR) is 38.2 cm³/mol. The Morgan fingerprint density at radius 1 is 1.18 bits per heavy atom. The Kier molecular flexibility index (Phi) is 1.24. The molecule has 1 aliphatic rings. The van der Waals surface area contributed by atoms with Crippen molar-refractivity contribution < 1.29 is 8.78 Å². The minimum atomic E-state index is -0.831. The number of nitrogens with zero attached hydrogens (tertiary/aromatic N) is 1. The first-order valence-corrected chi connectivity index (χ1v) is 3.28. The molecule has 0 atom stereocenters. The molecule has 56 valence electrons. The highest BCUT2D eigenvalue weighted by molar-refractivity contribution is 5.75. The number of hydrogen-bond donors (Lipinski definition) is 0. The zero-order valence-electron chi connectivity index (χ0n) is 5.64. The van der Waals surface area contributed by atoms with E-state index in [0.717, 1.165) is 11.6 Å². The summed E-state index contributed by atoms with van der Waals surface area (Å²) in [5.41, 5.74) is 1.30. The van der Waals surface area contributed by atoms with Gasteiger partial charge in [-0.1, -0.05) is 0 Å². The number of hydrogen-bond acceptors (Lipinski definition) is 1. The van der Waals surface area contributed by atoms with Gasteiger partial charge in [0.25, 0.3) is 0 Å². The van der Waals surface area contributed by atoms with Crippen molar-refractivity contribution in [3.8, 4) is 0 Å². The van der Waals surface area contributed by atoms with Crippen LogP contribution in [-0.2, 0) is 6.42 Å². The zero-order valence-corrected chi connectivity index (χ0v) is 5.64. The van der Waals surface area contributed by atoms with Gasteiger partial charge < -0.3 is 0 Å². The Hall–Kier alpha value is -1.25. The molecular weight excluding hydrogens is 148 g/mol. The van der Waals surface area contributed by atoms with E-state index in [-0.39, 0.29) is 0 Å². The van der Waals surface area contributed by atoms with Crippen molar-refractivity contribution in [1.82, 2.24) is 0 Å². The molecule has 0 saturated heterocycles. The second kappa shape index (κ2) is 2.12. The summed E-state index contributed by atoms with van der Waals surface area (Å²) in [7, 11) is 0. The van der Waals surface area contributed by atoms with E-state index in [2.05, 4.69) is 4.99 Å². The number of benzene rings is 1. The van der Waals surface area contributed by atoms with Crippen LogP contribution in [0.3, 0.4) is 0 Å². The van der Waals surface area contributed by atoms with Crippen LogP contribution >= 0.6 is 0 Å². The number of rotatable bonds is 0. The average Bonchev–Trinajstić information content (AvgIpc) is 2.36. The Morgan fingerprint density at radius 2 is 1.91 bits per heavy atom. The summed E-state index contributed by atoms with van der Waals surface area (Å²) in [5.74, 6) is -1.63. The van der Waals surface area contributed by atoms with Crippen LogP contribution in [0.2, 0.25) is 0 Å². The quantitative estimate of drug-likeness (QED) is 0.542. The maximum atomic E-state index is 12.5. The molecule has 0 spiro atoms. The van der Waals surface area contributed by atoms with Crippen molar-refractivity contribution in [2.45, 2.75) is 6.42 Å². The third-order valence-corrected chi connectivity index (χ3v) is 1.66. The molecule has 0 saturated carbocycles. The second-order valence-corrected chi connectivity index (χ2v) is 2.41. The normalized spacial score (nSPS) is 13.6. The molecule has 3 heteroatoms. The summed E-state index contributed by atoms with van der Waals surface area (Å²) in [6.45, 7) is 0. The zero-order chi connectivity index (χ0) is 7.84. The molecular formula is C8H5F2N. The summed E-state index contributed by atoms with van der Waals surface area (Å²) < 4.78 is 25.1. The topological polar surface area (TPSA) is 12.4 Å². The smallest absolute Gasteiger partial charge is 0.160 e. The van der Waals surface area contributed by atoms with Crippen LogP contribution in [0.4, 0.5) is 14.5 Å². The fraction of sp³-hybridized carbons (Fsp3) is 0.125. The lowest BCUT2D eigenvalue weighted by atomic mass is 10.1. The van der Waals surface area contributed by atoms with Gasteiger partial charge in [0.05, 0.1) is 5.69 Å². The van der Waals surface area contributed by atoms with Crippen molar-refractivity contribution >= 4 is 11.9 Å². The first-order chi connectivity index (χ1) is 5.27. The predicted octanol–water partition coefficient (Wildman–Crippen LogP) is 2.22. The SMILES string of the molecule is Fc1cc2c(cc1F)N=CC2. The Bertz CT molecular complexity index is 331. The highest BCUT2D eigenvalue weighted by Crippen LogP contribution is 2.26. The van der Waals surface area contributed by atoms with E-state index < -0.39 is 11.6 Å². The number of halogens is 2. The molecule has 11 heavy (non-hydrogen) atoms. The Morgan fingerprint density at radius 3 is 2.73 bits per heavy atom. The molecule has 1 heterocycles. The standard InChI is InChI=1S/C8H5F2N/c9-6-3-5-1-2-11-8(5)4-7(6)10/h2-4H,1H2. The third kappa shape index (κ3) is 0.926. The van der Waals surface area contributed by atoms with E-state index in [4.69, 9.17) is 0 Å². The Balaban J connectivity index is 2.63. The molecule has 0 amide bonds. The van der Waals surface area contributed by atoms with Crippen LogP contribution in [0.5, 0.6) is 0 Å². The number of fused-ring (bicyclic) bond motifs is 1. The summed E-state index contributed by atoms with van der Waals surface area (Å²) in [6, 6.07) is 2.31. The Labute approximate surface area is 62.4 Å². The summed E-state index contributed by atoms with van der Waals surface area (Å²) in [4.78, 5) is 3.87. The lowest BCUT2D eigenvalue weighted by molar-refractivity contribution is 0.508. The molecule has 0 aliphatic carbocycles. The van der Waals surface area contributed by atoms with Gasteiger partial charge in [0, 0.05) is 18.7 Å². The van der Waals surface area contributed by atoms with Crippen LogP contribution in [-0.4, -0.2) is 6.21 Å². The van der Waals surface area contributed by atoms with Crippen LogP contribution < -0.4 is 0 Å². The second-order valence-electron chi connectivity index (χ2n) is 2.41. The molecule has 0 bridgehead atoms. The summed E-state index contributed by atoms with van der Waals surface area (Å²) >= 11 is 0. The molecule has 1 aliphatic heterocycles. The van der Waals surface area contributed by atoms with Crippen LogP contribution in [0.1, 0.15) is 5.56 Å². The molecule has 0 aromatic heterocycles. The molecule has 0 N–H and O–H groups in total. The highest BCUT2D eigenvalue weighted by Gasteiger charge is 2.11. The van der Waals surface area contributed by atoms with Gasteiger partial charge in [0.1, 0.15) is 0 Å². The van der Waals surface area contributed by atoms with E-state index in [1.54, 1.807) is 6.21 Å². The summed E-state index contributed by atoms with van der Waals surface area (Å²) in [5, 5.41) is 0. The van der Waals surface area contributed by atoms with Gasteiger partial charge in [-0.15, -0.1) is 0 Å². The largest absolute Gasteiger partial charge is 0.260 e. The first-order valence-electron chi connectivity index (χ1n) is 3.28.